The molecule has 0 aromatic carbocycles. The lowest BCUT2D eigenvalue weighted by atomic mass is 10.1. The van der Waals surface area contributed by atoms with Crippen LogP contribution < -0.4 is 50.8 Å². The number of hydrogen-bond donors (Lipinski definition) is 15. The van der Waals surface area contributed by atoms with Gasteiger partial charge in [0, 0.05) is 6.42 Å². The van der Waals surface area contributed by atoms with E-state index in [0.29, 0.717) is 13.0 Å². The van der Waals surface area contributed by atoms with Crippen molar-refractivity contribution in [2.75, 3.05) is 26.2 Å². The number of carboxylic acid groups (broad SMARTS) is 5. The van der Waals surface area contributed by atoms with Crippen LogP contribution in [0.1, 0.15) is 78.6 Å². The Morgan fingerprint density at radius 2 is 1.14 bits per heavy atom. The number of primary amides is 1. The number of hydrogen-bond acceptors (Lipinski definition) is 18. The fourth-order valence-corrected chi connectivity index (χ4v) is 3.55. The summed E-state index contributed by atoms with van der Waals surface area (Å²) in [4.78, 5) is 82.3. The maximum absolute atomic E-state index is 11.4. The Morgan fingerprint density at radius 1 is 0.696 bits per heavy atom. The standard InChI is InChI=1S/C10H18N2O3.C6H14N2O2.C5H10N2O3.C5H9NO2.C4H9NO3.C2H5NO2/c1-6(2)8(11)10(14)15-9(13)7-4-3-5-12-7;7-4-2-1-3-5(8)6(9)10;6-3(5(9)10)1-2-4(7)8;7-5(8)4-2-1-3-6-4;1-2(6)3(5)4(7)8;3-1-2(4)5/h6-8,12H,3-5,11H2,1-2H3;5H,1-4,7-8H2,(H,9,10);3H,1-2,6H2,(H2,7,8)(H,9,10);4,6H,1-3H2,(H,7,8);2-3,6H,5H2,1H3,(H,7,8);1,3H2,(H,4,5)/t7-,8-;5-;3-;4-;2-,3+;/m00001./s1. The number of nitrogens with one attached hydrogen (secondary N) is 2. The summed E-state index contributed by atoms with van der Waals surface area (Å²) in [5.74, 6) is -6.61. The number of ether oxygens (including phenoxy) is 1. The van der Waals surface area contributed by atoms with E-state index in [1.54, 1.807) is 0 Å². The van der Waals surface area contributed by atoms with Crippen LogP contribution in [0.4, 0.5) is 0 Å². The Kier molecular flexibility index (Phi) is 36.5. The molecule has 24 heteroatoms. The Hall–Kier alpha value is -4.40. The smallest absolute Gasteiger partial charge is 0.330 e. The van der Waals surface area contributed by atoms with Crippen LogP contribution in [0.2, 0.25) is 0 Å². The van der Waals surface area contributed by atoms with Gasteiger partial charge in [0.2, 0.25) is 5.91 Å². The Labute approximate surface area is 325 Å². The lowest BCUT2D eigenvalue weighted by Crippen LogP contribution is -2.41. The van der Waals surface area contributed by atoms with Crippen molar-refractivity contribution in [3.8, 4) is 0 Å². The van der Waals surface area contributed by atoms with Gasteiger partial charge in [0.15, 0.2) is 0 Å². The molecule has 0 saturated carbocycles. The molecule has 0 spiro atoms. The molecule has 24 nitrogen and oxygen atoms in total. The summed E-state index contributed by atoms with van der Waals surface area (Å²) in [6.07, 6.45) is 4.75. The lowest BCUT2D eigenvalue weighted by molar-refractivity contribution is -0.162. The van der Waals surface area contributed by atoms with E-state index in [4.69, 9.17) is 69.8 Å². The van der Waals surface area contributed by atoms with Crippen molar-refractivity contribution in [2.45, 2.75) is 121 Å². The molecule has 56 heavy (non-hydrogen) atoms. The molecule has 0 unspecified atom stereocenters. The Morgan fingerprint density at radius 3 is 1.41 bits per heavy atom. The average molecular weight is 816 g/mol. The van der Waals surface area contributed by atoms with Gasteiger partial charge in [-0.25, -0.2) is 9.59 Å². The molecular weight excluding hydrogens is 750 g/mol. The molecule has 1 amide bonds. The van der Waals surface area contributed by atoms with Crippen LogP contribution in [0, 0.1) is 5.92 Å². The van der Waals surface area contributed by atoms with Crippen molar-refractivity contribution in [3.05, 3.63) is 0 Å². The van der Waals surface area contributed by atoms with Crippen LogP contribution in [-0.4, -0.2) is 147 Å². The van der Waals surface area contributed by atoms with Crippen LogP contribution in [0.3, 0.4) is 0 Å². The van der Waals surface area contributed by atoms with Gasteiger partial charge < -0.3 is 86.1 Å². The lowest BCUT2D eigenvalue weighted by Gasteiger charge is -2.15. The zero-order chi connectivity index (χ0) is 44.6. The van der Waals surface area contributed by atoms with Crippen molar-refractivity contribution in [2.24, 2.45) is 46.1 Å². The molecule has 2 rings (SSSR count). The first-order valence-corrected chi connectivity index (χ1v) is 17.6. The molecule has 2 aliphatic heterocycles. The summed E-state index contributed by atoms with van der Waals surface area (Å²) >= 11 is 0. The van der Waals surface area contributed by atoms with Crippen molar-refractivity contribution < 1.29 is 73.7 Å². The van der Waals surface area contributed by atoms with E-state index >= 15 is 0 Å². The zero-order valence-corrected chi connectivity index (χ0v) is 32.2. The second-order valence-electron chi connectivity index (χ2n) is 12.5. The minimum absolute atomic E-state index is 0.0213. The molecule has 0 radical (unpaired) electrons. The topological polar surface area (TPSA) is 473 Å². The number of carbonyl (C=O) groups is 8. The highest BCUT2D eigenvalue weighted by molar-refractivity contribution is 5.91. The van der Waals surface area contributed by atoms with Crippen molar-refractivity contribution in [1.82, 2.24) is 10.6 Å². The van der Waals surface area contributed by atoms with Crippen molar-refractivity contribution in [1.29, 1.82) is 0 Å². The minimum Gasteiger partial charge on any atom is -0.480 e. The van der Waals surface area contributed by atoms with Crippen molar-refractivity contribution in [3.63, 3.8) is 0 Å². The van der Waals surface area contributed by atoms with Crippen LogP contribution >= 0.6 is 0 Å². The van der Waals surface area contributed by atoms with E-state index in [9.17, 15) is 38.4 Å². The first-order valence-electron chi connectivity index (χ1n) is 17.6. The van der Waals surface area contributed by atoms with Gasteiger partial charge in [0.1, 0.15) is 36.3 Å². The molecule has 7 atom stereocenters. The van der Waals surface area contributed by atoms with Gasteiger partial charge in [-0.05, 0) is 77.4 Å². The molecule has 2 fully saturated rings. The number of aliphatic hydroxyl groups excluding tert-OH is 1. The highest BCUT2D eigenvalue weighted by Crippen LogP contribution is 2.08. The van der Waals surface area contributed by atoms with E-state index in [1.807, 2.05) is 13.8 Å². The van der Waals surface area contributed by atoms with Gasteiger partial charge in [-0.2, -0.15) is 0 Å². The SMILES string of the molecule is CC(C)[C@H](N)C(=O)OC(=O)[C@@H]1CCCN1.C[C@@H](O)[C@H](N)C(=O)O.NC(=O)CC[C@H](N)C(=O)O.NCC(=O)O.NCCCC[C@H](N)C(=O)O.O=C(O)[C@@H]1CCCN1. The fraction of sp³-hybridized carbons (Fsp3) is 0.750. The van der Waals surface area contributed by atoms with Gasteiger partial charge in [-0.1, -0.05) is 20.3 Å². The summed E-state index contributed by atoms with van der Waals surface area (Å²) < 4.78 is 4.69. The van der Waals surface area contributed by atoms with E-state index < -0.39 is 78.0 Å². The number of unbranched alkanes of at least 4 members (excludes halogenated alkanes) is 1. The molecule has 0 aromatic rings. The minimum atomic E-state index is -1.18. The summed E-state index contributed by atoms with van der Waals surface area (Å²) in [6.45, 7) is 6.93. The molecule has 328 valence electrons. The van der Waals surface area contributed by atoms with Crippen molar-refractivity contribution >= 4 is 47.7 Å². The summed E-state index contributed by atoms with van der Waals surface area (Å²) in [7, 11) is 0. The van der Waals surface area contributed by atoms with Crippen LogP contribution in [0.5, 0.6) is 0 Å². The van der Waals surface area contributed by atoms with Gasteiger partial charge in [0.25, 0.3) is 0 Å². The monoisotopic (exact) mass is 815 g/mol. The van der Waals surface area contributed by atoms with Gasteiger partial charge in [-0.15, -0.1) is 0 Å². The summed E-state index contributed by atoms with van der Waals surface area (Å²) in [5, 5.41) is 54.9. The number of rotatable bonds is 16. The number of nitrogens with two attached hydrogens (primary N) is 7. The largest absolute Gasteiger partial charge is 0.480 e. The molecule has 0 aliphatic carbocycles. The molecular formula is C32H65N9O15. The van der Waals surface area contributed by atoms with Crippen LogP contribution in [0.15, 0.2) is 0 Å². The number of carbonyl (C=O) groups excluding carboxylic acids is 3. The number of amides is 1. The van der Waals surface area contributed by atoms with Gasteiger partial charge in [0.05, 0.1) is 12.6 Å². The molecule has 0 bridgehead atoms. The number of aliphatic hydroxyl groups is 1. The Balaban J connectivity index is -0.000000299. The normalized spacial score (nSPS) is 17.8. The predicted octanol–water partition coefficient (Wildman–Crippen LogP) is -4.39. The van der Waals surface area contributed by atoms with E-state index in [2.05, 4.69) is 16.4 Å². The van der Waals surface area contributed by atoms with Gasteiger partial charge >= 0.3 is 41.8 Å². The summed E-state index contributed by atoms with van der Waals surface area (Å²) in [6, 6.07) is -4.19. The number of carboxylic acids is 5. The third kappa shape index (κ3) is 35.3. The van der Waals surface area contributed by atoms with Crippen LogP contribution in [0.25, 0.3) is 0 Å². The van der Waals surface area contributed by atoms with Crippen LogP contribution in [-0.2, 0) is 43.1 Å². The Bertz CT molecular complexity index is 1140. The fourth-order valence-electron chi connectivity index (χ4n) is 3.55. The number of aliphatic carboxylic acids is 5. The zero-order valence-electron chi connectivity index (χ0n) is 32.2. The number of esters is 2. The maximum atomic E-state index is 11.4. The maximum Gasteiger partial charge on any atom is 0.330 e. The van der Waals surface area contributed by atoms with E-state index in [1.165, 1.54) is 6.92 Å². The van der Waals surface area contributed by atoms with E-state index in [0.717, 1.165) is 51.6 Å². The highest BCUT2D eigenvalue weighted by Gasteiger charge is 2.28. The molecule has 2 saturated heterocycles. The first-order chi connectivity index (χ1) is 25.9. The van der Waals surface area contributed by atoms with E-state index in [-0.39, 0.29) is 37.4 Å². The third-order valence-corrected chi connectivity index (χ3v) is 7.18. The quantitative estimate of drug-likeness (QED) is 0.0397. The van der Waals surface area contributed by atoms with Gasteiger partial charge in [-0.3, -0.25) is 28.8 Å². The average Bonchev–Trinajstić information content (AvgIpc) is 3.87. The molecule has 2 heterocycles. The predicted molar refractivity (Wildman–Crippen MR) is 200 cm³/mol. The third-order valence-electron chi connectivity index (χ3n) is 7.18. The first kappa shape index (κ1) is 58.3. The second-order valence-corrected chi connectivity index (χ2v) is 12.5. The highest BCUT2D eigenvalue weighted by atomic mass is 16.6. The summed E-state index contributed by atoms with van der Waals surface area (Å²) in [5.41, 5.74) is 35.3. The molecule has 22 N–H and O–H groups in total. The molecule has 2 aliphatic rings. The second kappa shape index (κ2) is 35.0. The molecule has 0 aromatic heterocycles.